The van der Waals surface area contributed by atoms with Crippen molar-refractivity contribution in [2.45, 2.75) is 6.92 Å². The monoisotopic (exact) mass is 425 g/mol. The molecule has 0 bridgehead atoms. The predicted octanol–water partition coefficient (Wildman–Crippen LogP) is 5.40. The first-order valence-corrected chi connectivity index (χ1v) is 9.45. The molecule has 0 saturated heterocycles. The molecule has 0 aromatic heterocycles. The zero-order chi connectivity index (χ0) is 20.8. The summed E-state index contributed by atoms with van der Waals surface area (Å²) in [4.78, 5) is 24.4. The largest absolute Gasteiger partial charge is 0.322 e. The number of benzene rings is 3. The molecule has 0 spiro atoms. The summed E-state index contributed by atoms with van der Waals surface area (Å²) in [5, 5.41) is 7.99. The third kappa shape index (κ3) is 5.67. The molecular formula is C22H17Cl2N3O2. The van der Waals surface area contributed by atoms with Crippen molar-refractivity contribution in [1.29, 1.82) is 0 Å². The van der Waals surface area contributed by atoms with Crippen LogP contribution in [0, 0.1) is 0 Å². The number of hydrazone groups is 1. The molecule has 29 heavy (non-hydrogen) atoms. The summed E-state index contributed by atoms with van der Waals surface area (Å²) >= 11 is 11.7. The molecule has 0 radical (unpaired) electrons. The molecular weight excluding hydrogens is 409 g/mol. The van der Waals surface area contributed by atoms with E-state index < -0.39 is 0 Å². The fourth-order valence-corrected chi connectivity index (χ4v) is 2.81. The van der Waals surface area contributed by atoms with Gasteiger partial charge in [-0.05, 0) is 67.1 Å². The molecule has 0 saturated carbocycles. The topological polar surface area (TPSA) is 70.6 Å². The second kappa shape index (κ2) is 9.37. The fourth-order valence-electron chi connectivity index (χ4n) is 2.49. The van der Waals surface area contributed by atoms with Gasteiger partial charge in [0.15, 0.2) is 0 Å². The van der Waals surface area contributed by atoms with Gasteiger partial charge in [0.25, 0.3) is 11.8 Å². The lowest BCUT2D eigenvalue weighted by molar-refractivity contribution is 0.0954. The molecule has 0 aliphatic heterocycles. The highest BCUT2D eigenvalue weighted by molar-refractivity contribution is 6.31. The summed E-state index contributed by atoms with van der Waals surface area (Å²) in [6, 6.07) is 20.4. The number of nitrogens with one attached hydrogen (secondary N) is 2. The maximum absolute atomic E-state index is 12.3. The smallest absolute Gasteiger partial charge is 0.271 e. The second-order valence-corrected chi connectivity index (χ2v) is 7.06. The zero-order valence-corrected chi connectivity index (χ0v) is 17.0. The van der Waals surface area contributed by atoms with Gasteiger partial charge >= 0.3 is 0 Å². The molecule has 3 aromatic rings. The number of halogens is 2. The molecule has 0 aliphatic carbocycles. The van der Waals surface area contributed by atoms with E-state index in [0.717, 1.165) is 5.56 Å². The minimum Gasteiger partial charge on any atom is -0.322 e. The third-order valence-electron chi connectivity index (χ3n) is 4.08. The standard InChI is InChI=1S/C22H17Cl2N3O2/c1-14(26-27-22(29)16-5-9-18(23)10-6-16)15-7-11-20(12-8-15)25-21(28)17-3-2-4-19(24)13-17/h2-13H,1H3,(H,25,28)(H,27,29)/b26-14-. The lowest BCUT2D eigenvalue weighted by atomic mass is 10.1. The Hall–Kier alpha value is -3.15. The lowest BCUT2D eigenvalue weighted by Crippen LogP contribution is -2.19. The van der Waals surface area contributed by atoms with E-state index in [1.165, 1.54) is 0 Å². The average molecular weight is 426 g/mol. The van der Waals surface area contributed by atoms with Crippen LogP contribution in [0.25, 0.3) is 0 Å². The second-order valence-electron chi connectivity index (χ2n) is 6.19. The van der Waals surface area contributed by atoms with Crippen molar-refractivity contribution in [1.82, 2.24) is 5.43 Å². The van der Waals surface area contributed by atoms with Crippen molar-refractivity contribution in [3.05, 3.63) is 99.5 Å². The van der Waals surface area contributed by atoms with Gasteiger partial charge in [-0.1, -0.05) is 41.4 Å². The van der Waals surface area contributed by atoms with Gasteiger partial charge in [0.05, 0.1) is 5.71 Å². The van der Waals surface area contributed by atoms with Crippen LogP contribution >= 0.6 is 23.2 Å². The summed E-state index contributed by atoms with van der Waals surface area (Å²) in [6.45, 7) is 1.78. The Labute approximate surface area is 178 Å². The van der Waals surface area contributed by atoms with E-state index in [-0.39, 0.29) is 11.8 Å². The number of carbonyl (C=O) groups is 2. The molecule has 0 heterocycles. The third-order valence-corrected chi connectivity index (χ3v) is 4.57. The van der Waals surface area contributed by atoms with Gasteiger partial charge in [-0.2, -0.15) is 5.10 Å². The SMILES string of the molecule is C/C(=N/NC(=O)c1ccc(Cl)cc1)c1ccc(NC(=O)c2cccc(Cl)c2)cc1. The van der Waals surface area contributed by atoms with Gasteiger partial charge < -0.3 is 5.32 Å². The number of hydrogen-bond acceptors (Lipinski definition) is 3. The number of anilines is 1. The first kappa shape index (κ1) is 20.6. The Bertz CT molecular complexity index is 1060. The van der Waals surface area contributed by atoms with Crippen LogP contribution in [0.5, 0.6) is 0 Å². The molecule has 3 aromatic carbocycles. The minimum atomic E-state index is -0.327. The lowest BCUT2D eigenvalue weighted by Gasteiger charge is -2.07. The first-order chi connectivity index (χ1) is 13.9. The molecule has 3 rings (SSSR count). The normalized spacial score (nSPS) is 11.1. The van der Waals surface area contributed by atoms with Crippen molar-refractivity contribution in [2.24, 2.45) is 5.10 Å². The Morgan fingerprint density at radius 3 is 2.07 bits per heavy atom. The highest BCUT2D eigenvalue weighted by Gasteiger charge is 2.08. The highest BCUT2D eigenvalue weighted by atomic mass is 35.5. The number of carbonyl (C=O) groups excluding carboxylic acids is 2. The van der Waals surface area contributed by atoms with Crippen LogP contribution in [0.15, 0.2) is 77.9 Å². The maximum atomic E-state index is 12.3. The number of hydrogen-bond donors (Lipinski definition) is 2. The van der Waals surface area contributed by atoms with Crippen molar-refractivity contribution in [2.75, 3.05) is 5.32 Å². The van der Waals surface area contributed by atoms with E-state index in [1.54, 1.807) is 79.7 Å². The van der Waals surface area contributed by atoms with Gasteiger partial charge in [0.1, 0.15) is 0 Å². The van der Waals surface area contributed by atoms with Crippen molar-refractivity contribution in [3.8, 4) is 0 Å². The van der Waals surface area contributed by atoms with Gasteiger partial charge in [-0.15, -0.1) is 0 Å². The van der Waals surface area contributed by atoms with Crippen LogP contribution in [-0.4, -0.2) is 17.5 Å². The number of nitrogens with zero attached hydrogens (tertiary/aromatic N) is 1. The first-order valence-electron chi connectivity index (χ1n) is 8.70. The zero-order valence-electron chi connectivity index (χ0n) is 15.4. The van der Waals surface area contributed by atoms with Crippen LogP contribution in [0.3, 0.4) is 0 Å². The van der Waals surface area contributed by atoms with E-state index in [4.69, 9.17) is 23.2 Å². The Balaban J connectivity index is 1.62. The van der Waals surface area contributed by atoms with Gasteiger partial charge in [0, 0.05) is 26.9 Å². The van der Waals surface area contributed by atoms with Gasteiger partial charge in [0.2, 0.25) is 0 Å². The van der Waals surface area contributed by atoms with Crippen LogP contribution in [0.1, 0.15) is 33.2 Å². The summed E-state index contributed by atoms with van der Waals surface area (Å²) < 4.78 is 0. The molecule has 0 atom stereocenters. The summed E-state index contributed by atoms with van der Waals surface area (Å²) in [5.74, 6) is -0.577. The fraction of sp³-hybridized carbons (Fsp3) is 0.0455. The molecule has 2 amide bonds. The predicted molar refractivity (Wildman–Crippen MR) is 117 cm³/mol. The minimum absolute atomic E-state index is 0.249. The average Bonchev–Trinajstić information content (AvgIpc) is 2.73. The highest BCUT2D eigenvalue weighted by Crippen LogP contribution is 2.15. The quantitative estimate of drug-likeness (QED) is 0.424. The summed E-state index contributed by atoms with van der Waals surface area (Å²) in [6.07, 6.45) is 0. The molecule has 5 nitrogen and oxygen atoms in total. The Morgan fingerprint density at radius 1 is 0.759 bits per heavy atom. The van der Waals surface area contributed by atoms with Crippen LogP contribution in [-0.2, 0) is 0 Å². The van der Waals surface area contributed by atoms with Crippen molar-refractivity contribution in [3.63, 3.8) is 0 Å². The van der Waals surface area contributed by atoms with Crippen LogP contribution in [0.2, 0.25) is 10.0 Å². The van der Waals surface area contributed by atoms with E-state index in [9.17, 15) is 9.59 Å². The van der Waals surface area contributed by atoms with E-state index >= 15 is 0 Å². The number of amides is 2. The van der Waals surface area contributed by atoms with E-state index in [1.807, 2.05) is 0 Å². The summed E-state index contributed by atoms with van der Waals surface area (Å²) in [5.41, 5.74) is 5.52. The number of rotatable bonds is 5. The molecule has 2 N–H and O–H groups in total. The van der Waals surface area contributed by atoms with Crippen molar-refractivity contribution >= 4 is 46.4 Å². The van der Waals surface area contributed by atoms with Crippen LogP contribution < -0.4 is 10.7 Å². The molecule has 0 aliphatic rings. The molecule has 146 valence electrons. The van der Waals surface area contributed by atoms with Gasteiger partial charge in [-0.25, -0.2) is 5.43 Å². The van der Waals surface area contributed by atoms with Crippen LogP contribution in [0.4, 0.5) is 5.69 Å². The molecule has 7 heteroatoms. The van der Waals surface area contributed by atoms with Crippen molar-refractivity contribution < 1.29 is 9.59 Å². The maximum Gasteiger partial charge on any atom is 0.271 e. The Morgan fingerprint density at radius 2 is 1.41 bits per heavy atom. The van der Waals surface area contributed by atoms with Gasteiger partial charge in [-0.3, -0.25) is 9.59 Å². The Kier molecular flexibility index (Phi) is 6.65. The molecule has 0 unspecified atom stereocenters. The summed E-state index contributed by atoms with van der Waals surface area (Å²) in [7, 11) is 0. The van der Waals surface area contributed by atoms with E-state index in [0.29, 0.717) is 32.6 Å². The van der Waals surface area contributed by atoms with E-state index in [2.05, 4.69) is 15.8 Å². The molecule has 0 fully saturated rings.